The van der Waals surface area contributed by atoms with Crippen LogP contribution in [0.2, 0.25) is 0 Å². The molecule has 1 aromatic carbocycles. The first-order chi connectivity index (χ1) is 11.1. The molecule has 0 amide bonds. The van der Waals surface area contributed by atoms with Crippen LogP contribution in [0.1, 0.15) is 42.9 Å². The number of hydrogen-bond donors (Lipinski definition) is 1. The largest absolute Gasteiger partial charge is 0.461 e. The number of para-hydroxylation sites is 1. The van der Waals surface area contributed by atoms with Gasteiger partial charge in [-0.2, -0.15) is 0 Å². The van der Waals surface area contributed by atoms with Crippen molar-refractivity contribution >= 4 is 16.9 Å². The molecule has 124 valence electrons. The van der Waals surface area contributed by atoms with Crippen molar-refractivity contribution in [3.63, 3.8) is 0 Å². The summed E-state index contributed by atoms with van der Waals surface area (Å²) in [5.74, 6) is -0.377. The van der Waals surface area contributed by atoms with Crippen LogP contribution < -0.4 is 0 Å². The predicted octanol–water partition coefficient (Wildman–Crippen LogP) is 2.79. The molecule has 0 aliphatic rings. The molecule has 0 aliphatic heterocycles. The molecule has 0 aliphatic carbocycles. The Morgan fingerprint density at radius 2 is 2.00 bits per heavy atom. The molecule has 0 saturated carbocycles. The molecule has 0 bridgehead atoms. The van der Waals surface area contributed by atoms with E-state index in [1.807, 2.05) is 24.3 Å². The SMILES string of the molecule is CCN(CC)CCOC(=O)c1cc(C(C)O)nc2ccccc12. The van der Waals surface area contributed by atoms with Crippen LogP contribution in [0, 0.1) is 0 Å². The number of benzene rings is 1. The van der Waals surface area contributed by atoms with Gasteiger partial charge in [0.05, 0.1) is 22.9 Å². The summed E-state index contributed by atoms with van der Waals surface area (Å²) in [7, 11) is 0. The monoisotopic (exact) mass is 316 g/mol. The Kier molecular flexibility index (Phi) is 6.07. The summed E-state index contributed by atoms with van der Waals surface area (Å²) in [5.41, 5.74) is 1.60. The van der Waals surface area contributed by atoms with Gasteiger partial charge in [0.2, 0.25) is 0 Å². The van der Waals surface area contributed by atoms with E-state index >= 15 is 0 Å². The van der Waals surface area contributed by atoms with Crippen LogP contribution in [0.3, 0.4) is 0 Å². The quantitative estimate of drug-likeness (QED) is 0.796. The molecule has 1 unspecified atom stereocenters. The van der Waals surface area contributed by atoms with Crippen molar-refractivity contribution in [2.75, 3.05) is 26.2 Å². The minimum Gasteiger partial charge on any atom is -0.461 e. The smallest absolute Gasteiger partial charge is 0.338 e. The number of fused-ring (bicyclic) bond motifs is 1. The van der Waals surface area contributed by atoms with Gasteiger partial charge in [0.15, 0.2) is 0 Å². The standard InChI is InChI=1S/C18H24N2O3/c1-4-20(5-2)10-11-23-18(22)15-12-17(13(3)21)19-16-9-7-6-8-14(15)16/h6-9,12-13,21H,4-5,10-11H2,1-3H3. The average Bonchev–Trinajstić information content (AvgIpc) is 2.57. The van der Waals surface area contributed by atoms with Gasteiger partial charge in [0.25, 0.3) is 0 Å². The number of aromatic nitrogens is 1. The number of aliphatic hydroxyl groups excluding tert-OH is 1. The summed E-state index contributed by atoms with van der Waals surface area (Å²) < 4.78 is 5.42. The lowest BCUT2D eigenvalue weighted by atomic mass is 10.1. The van der Waals surface area contributed by atoms with Gasteiger partial charge in [0.1, 0.15) is 6.61 Å². The highest BCUT2D eigenvalue weighted by atomic mass is 16.5. The van der Waals surface area contributed by atoms with Gasteiger partial charge in [-0.1, -0.05) is 32.0 Å². The molecular formula is C18H24N2O3. The zero-order valence-corrected chi connectivity index (χ0v) is 14.0. The summed E-state index contributed by atoms with van der Waals surface area (Å²) in [6.07, 6.45) is -0.734. The Balaban J connectivity index is 2.22. The van der Waals surface area contributed by atoms with E-state index in [2.05, 4.69) is 23.7 Å². The maximum absolute atomic E-state index is 12.4. The van der Waals surface area contributed by atoms with Gasteiger partial charge in [-0.25, -0.2) is 4.79 Å². The molecule has 1 atom stereocenters. The lowest BCUT2D eigenvalue weighted by molar-refractivity contribution is 0.0468. The summed E-state index contributed by atoms with van der Waals surface area (Å²) in [5, 5.41) is 10.5. The van der Waals surface area contributed by atoms with Crippen molar-refractivity contribution in [1.29, 1.82) is 0 Å². The second-order valence-electron chi connectivity index (χ2n) is 5.45. The van der Waals surface area contributed by atoms with E-state index in [9.17, 15) is 9.90 Å². The van der Waals surface area contributed by atoms with E-state index in [-0.39, 0.29) is 5.97 Å². The summed E-state index contributed by atoms with van der Waals surface area (Å²) in [6, 6.07) is 9.01. The van der Waals surface area contributed by atoms with E-state index < -0.39 is 6.10 Å². The lowest BCUT2D eigenvalue weighted by Gasteiger charge is -2.18. The van der Waals surface area contributed by atoms with Crippen LogP contribution in [0.4, 0.5) is 0 Å². The molecule has 1 heterocycles. The Morgan fingerprint density at radius 1 is 1.30 bits per heavy atom. The van der Waals surface area contributed by atoms with Crippen molar-refractivity contribution in [3.8, 4) is 0 Å². The Labute approximate surface area is 136 Å². The lowest BCUT2D eigenvalue weighted by Crippen LogP contribution is -2.28. The van der Waals surface area contributed by atoms with Crippen molar-refractivity contribution < 1.29 is 14.6 Å². The second kappa shape index (κ2) is 8.04. The fourth-order valence-corrected chi connectivity index (χ4v) is 2.46. The van der Waals surface area contributed by atoms with Crippen LogP contribution in [0.5, 0.6) is 0 Å². The highest BCUT2D eigenvalue weighted by Crippen LogP contribution is 2.22. The van der Waals surface area contributed by atoms with Crippen LogP contribution in [-0.4, -0.2) is 47.2 Å². The number of pyridine rings is 1. The second-order valence-corrected chi connectivity index (χ2v) is 5.45. The molecular weight excluding hydrogens is 292 g/mol. The highest BCUT2D eigenvalue weighted by molar-refractivity contribution is 6.03. The summed E-state index contributed by atoms with van der Waals surface area (Å²) in [6.45, 7) is 8.71. The fourth-order valence-electron chi connectivity index (χ4n) is 2.46. The van der Waals surface area contributed by atoms with Gasteiger partial charge in [-0.15, -0.1) is 0 Å². The molecule has 5 heteroatoms. The molecule has 1 N–H and O–H groups in total. The maximum atomic E-state index is 12.4. The third kappa shape index (κ3) is 4.27. The predicted molar refractivity (Wildman–Crippen MR) is 90.4 cm³/mol. The number of ether oxygens (including phenoxy) is 1. The number of carbonyl (C=O) groups excluding carboxylic acids is 1. The third-order valence-corrected chi connectivity index (χ3v) is 3.92. The normalized spacial score (nSPS) is 12.6. The van der Waals surface area contributed by atoms with Crippen molar-refractivity contribution in [2.24, 2.45) is 0 Å². The van der Waals surface area contributed by atoms with Gasteiger partial charge >= 0.3 is 5.97 Å². The van der Waals surface area contributed by atoms with Crippen molar-refractivity contribution in [3.05, 3.63) is 41.6 Å². The van der Waals surface area contributed by atoms with Crippen molar-refractivity contribution in [2.45, 2.75) is 26.9 Å². The maximum Gasteiger partial charge on any atom is 0.338 e. The van der Waals surface area contributed by atoms with E-state index in [0.717, 1.165) is 18.5 Å². The van der Waals surface area contributed by atoms with Gasteiger partial charge in [0, 0.05) is 11.9 Å². The van der Waals surface area contributed by atoms with Gasteiger partial charge < -0.3 is 14.7 Å². The molecule has 5 nitrogen and oxygen atoms in total. The zero-order chi connectivity index (χ0) is 16.8. The average molecular weight is 316 g/mol. The minimum absolute atomic E-state index is 0.348. The number of esters is 1. The van der Waals surface area contributed by atoms with Gasteiger partial charge in [-0.3, -0.25) is 4.98 Å². The number of rotatable bonds is 7. The number of hydrogen-bond acceptors (Lipinski definition) is 5. The fraction of sp³-hybridized carbons (Fsp3) is 0.444. The molecule has 2 aromatic rings. The highest BCUT2D eigenvalue weighted by Gasteiger charge is 2.16. The molecule has 0 radical (unpaired) electrons. The third-order valence-electron chi connectivity index (χ3n) is 3.92. The van der Waals surface area contributed by atoms with E-state index in [1.54, 1.807) is 13.0 Å². The van der Waals surface area contributed by atoms with Crippen LogP contribution in [-0.2, 0) is 4.74 Å². The van der Waals surface area contributed by atoms with E-state index in [1.165, 1.54) is 0 Å². The van der Waals surface area contributed by atoms with Crippen LogP contribution >= 0.6 is 0 Å². The first-order valence-electron chi connectivity index (χ1n) is 8.04. The molecule has 2 rings (SSSR count). The molecule has 1 aromatic heterocycles. The number of likely N-dealkylation sites (N-methyl/N-ethyl adjacent to an activating group) is 1. The molecule has 0 fully saturated rings. The zero-order valence-electron chi connectivity index (χ0n) is 14.0. The Morgan fingerprint density at radius 3 is 2.65 bits per heavy atom. The minimum atomic E-state index is -0.734. The number of carbonyl (C=O) groups is 1. The van der Waals surface area contributed by atoms with Crippen LogP contribution in [0.15, 0.2) is 30.3 Å². The number of nitrogens with zero attached hydrogens (tertiary/aromatic N) is 2. The van der Waals surface area contributed by atoms with Crippen molar-refractivity contribution in [1.82, 2.24) is 9.88 Å². The molecule has 23 heavy (non-hydrogen) atoms. The summed E-state index contributed by atoms with van der Waals surface area (Å²) in [4.78, 5) is 19.0. The Hall–Kier alpha value is -1.98. The first-order valence-corrected chi connectivity index (χ1v) is 8.04. The van der Waals surface area contributed by atoms with Crippen LogP contribution in [0.25, 0.3) is 10.9 Å². The van der Waals surface area contributed by atoms with E-state index in [4.69, 9.17) is 4.74 Å². The number of aliphatic hydroxyl groups is 1. The Bertz CT molecular complexity index is 666. The topological polar surface area (TPSA) is 62.7 Å². The molecule has 0 spiro atoms. The van der Waals surface area contributed by atoms with Gasteiger partial charge in [-0.05, 0) is 32.1 Å². The van der Waals surface area contributed by atoms with E-state index in [0.29, 0.717) is 29.9 Å². The summed E-state index contributed by atoms with van der Waals surface area (Å²) >= 11 is 0. The first kappa shape index (κ1) is 17.4. The molecule has 0 saturated heterocycles.